The van der Waals surface area contributed by atoms with Crippen LogP contribution in [0.1, 0.15) is 5.69 Å². The molecular weight excluding hydrogens is 374 g/mol. The predicted molar refractivity (Wildman–Crippen MR) is 99.5 cm³/mol. The normalized spacial score (nSPS) is 10.7. The van der Waals surface area contributed by atoms with Crippen molar-refractivity contribution in [2.75, 3.05) is 12.4 Å². The molecule has 0 saturated heterocycles. The maximum absolute atomic E-state index is 12.4. The number of nitrogens with one attached hydrogen (secondary N) is 1. The number of nitrogens with zero attached hydrogens (tertiary/aromatic N) is 1. The van der Waals surface area contributed by atoms with E-state index in [0.29, 0.717) is 5.69 Å². The summed E-state index contributed by atoms with van der Waals surface area (Å²) in [6.07, 6.45) is 0.0235. The van der Waals surface area contributed by atoms with E-state index >= 15 is 0 Å². The van der Waals surface area contributed by atoms with Gasteiger partial charge in [-0.1, -0.05) is 12.1 Å². The monoisotopic (exact) mass is 390 g/mol. The lowest BCUT2D eigenvalue weighted by atomic mass is 10.2. The van der Waals surface area contributed by atoms with Crippen LogP contribution in [0.15, 0.2) is 53.9 Å². The second kappa shape index (κ2) is 8.59. The van der Waals surface area contributed by atoms with Gasteiger partial charge in [0.2, 0.25) is 5.91 Å². The van der Waals surface area contributed by atoms with Gasteiger partial charge in [0.1, 0.15) is 16.5 Å². The lowest BCUT2D eigenvalue weighted by Gasteiger charge is -2.11. The minimum absolute atomic E-state index is 0.0235. The van der Waals surface area contributed by atoms with Gasteiger partial charge in [-0.15, -0.1) is 11.3 Å². The molecule has 1 heterocycles. The number of carbonyl (C=O) groups excluding carboxylic acids is 1. The molecule has 0 saturated carbocycles. The average molecular weight is 390 g/mol. The van der Waals surface area contributed by atoms with Crippen molar-refractivity contribution in [3.8, 4) is 22.1 Å². The molecule has 140 valence electrons. The van der Waals surface area contributed by atoms with Crippen molar-refractivity contribution in [2.45, 2.75) is 13.0 Å². The molecule has 0 spiro atoms. The molecule has 0 fully saturated rings. The Morgan fingerprint density at radius 2 is 1.93 bits per heavy atom. The summed E-state index contributed by atoms with van der Waals surface area (Å²) in [5.74, 6) is 0.296. The van der Waals surface area contributed by atoms with Gasteiger partial charge in [-0.2, -0.15) is 8.78 Å². The molecule has 2 aromatic carbocycles. The second-order valence-electron chi connectivity index (χ2n) is 5.47. The molecular formula is C19H16F2N2O3S. The number of amides is 1. The van der Waals surface area contributed by atoms with Crippen molar-refractivity contribution in [3.05, 3.63) is 59.6 Å². The minimum Gasteiger partial charge on any atom is -0.497 e. The van der Waals surface area contributed by atoms with E-state index in [1.54, 1.807) is 24.6 Å². The molecule has 27 heavy (non-hydrogen) atoms. The predicted octanol–water partition coefficient (Wildman–Crippen LogP) is 4.60. The minimum atomic E-state index is -2.96. The second-order valence-corrected chi connectivity index (χ2v) is 6.33. The van der Waals surface area contributed by atoms with Gasteiger partial charge in [0.15, 0.2) is 0 Å². The third-order valence-corrected chi connectivity index (χ3v) is 4.55. The molecule has 0 bridgehead atoms. The molecule has 5 nitrogen and oxygen atoms in total. The number of ether oxygens (including phenoxy) is 2. The van der Waals surface area contributed by atoms with Gasteiger partial charge in [-0.05, 0) is 36.4 Å². The molecule has 0 aliphatic rings. The Morgan fingerprint density at radius 1 is 1.19 bits per heavy atom. The highest BCUT2D eigenvalue weighted by molar-refractivity contribution is 7.13. The number of thiazole rings is 1. The van der Waals surface area contributed by atoms with E-state index < -0.39 is 6.61 Å². The SMILES string of the molecule is COc1ccc(-c2nc(CC(=O)Nc3ccccc3OC(F)F)cs2)cc1. The van der Waals surface area contributed by atoms with Crippen LogP contribution in [0.3, 0.4) is 0 Å². The first-order valence-corrected chi connectivity index (χ1v) is 8.85. The van der Waals surface area contributed by atoms with Crippen LogP contribution in [0.5, 0.6) is 11.5 Å². The van der Waals surface area contributed by atoms with Crippen LogP contribution in [-0.4, -0.2) is 24.6 Å². The molecule has 1 aromatic heterocycles. The van der Waals surface area contributed by atoms with Crippen molar-refractivity contribution < 1.29 is 23.0 Å². The highest BCUT2D eigenvalue weighted by atomic mass is 32.1. The lowest BCUT2D eigenvalue weighted by Crippen LogP contribution is -2.16. The molecule has 0 aliphatic carbocycles. The maximum Gasteiger partial charge on any atom is 0.387 e. The molecule has 0 unspecified atom stereocenters. The van der Waals surface area contributed by atoms with Gasteiger partial charge in [-0.25, -0.2) is 4.98 Å². The number of alkyl halides is 2. The zero-order valence-corrected chi connectivity index (χ0v) is 15.1. The van der Waals surface area contributed by atoms with Crippen LogP contribution in [0, 0.1) is 0 Å². The number of rotatable bonds is 7. The molecule has 1 N–H and O–H groups in total. The zero-order chi connectivity index (χ0) is 19.2. The van der Waals surface area contributed by atoms with Gasteiger partial charge in [0.05, 0.1) is 24.9 Å². The largest absolute Gasteiger partial charge is 0.497 e. The Bertz CT molecular complexity index is 913. The van der Waals surface area contributed by atoms with Gasteiger partial charge in [-0.3, -0.25) is 4.79 Å². The number of halogens is 2. The third-order valence-electron chi connectivity index (χ3n) is 3.61. The first kappa shape index (κ1) is 18.8. The summed E-state index contributed by atoms with van der Waals surface area (Å²) in [7, 11) is 1.60. The molecule has 3 rings (SSSR count). The first-order valence-electron chi connectivity index (χ1n) is 7.97. The van der Waals surface area contributed by atoms with Gasteiger partial charge >= 0.3 is 6.61 Å². The van der Waals surface area contributed by atoms with Crippen molar-refractivity contribution in [1.82, 2.24) is 4.98 Å². The average Bonchev–Trinajstić information content (AvgIpc) is 3.11. The van der Waals surface area contributed by atoms with Crippen molar-refractivity contribution in [2.24, 2.45) is 0 Å². The van der Waals surface area contributed by atoms with Gasteiger partial charge in [0.25, 0.3) is 0 Å². The molecule has 8 heteroatoms. The van der Waals surface area contributed by atoms with Crippen LogP contribution in [-0.2, 0) is 11.2 Å². The quantitative estimate of drug-likeness (QED) is 0.640. The standard InChI is InChI=1S/C19H16F2N2O3S/c1-25-14-8-6-12(7-9-14)18-22-13(11-27-18)10-17(24)23-15-4-2-3-5-16(15)26-19(20)21/h2-9,11,19H,10H2,1H3,(H,23,24). The van der Waals surface area contributed by atoms with E-state index in [0.717, 1.165) is 16.3 Å². The number of aromatic nitrogens is 1. The Morgan fingerprint density at radius 3 is 2.63 bits per heavy atom. The number of hydrogen-bond donors (Lipinski definition) is 1. The third kappa shape index (κ3) is 5.01. The number of para-hydroxylation sites is 2. The van der Waals surface area contributed by atoms with E-state index in [4.69, 9.17) is 4.74 Å². The lowest BCUT2D eigenvalue weighted by molar-refractivity contribution is -0.115. The van der Waals surface area contributed by atoms with Crippen LogP contribution in [0.4, 0.5) is 14.5 Å². The van der Waals surface area contributed by atoms with E-state index in [2.05, 4.69) is 15.0 Å². The fraction of sp³-hybridized carbons (Fsp3) is 0.158. The number of hydrogen-bond acceptors (Lipinski definition) is 5. The van der Waals surface area contributed by atoms with Crippen molar-refractivity contribution in [3.63, 3.8) is 0 Å². The number of anilines is 1. The summed E-state index contributed by atoms with van der Waals surface area (Å²) in [6, 6.07) is 13.5. The summed E-state index contributed by atoms with van der Waals surface area (Å²) in [5, 5.41) is 5.15. The highest BCUT2D eigenvalue weighted by Crippen LogP contribution is 2.27. The van der Waals surface area contributed by atoms with Crippen LogP contribution >= 0.6 is 11.3 Å². The van der Waals surface area contributed by atoms with E-state index in [1.807, 2.05) is 24.3 Å². The van der Waals surface area contributed by atoms with E-state index in [9.17, 15) is 13.6 Å². The van der Waals surface area contributed by atoms with Gasteiger partial charge < -0.3 is 14.8 Å². The summed E-state index contributed by atoms with van der Waals surface area (Å²) in [4.78, 5) is 16.7. The Labute approximate surface area is 158 Å². The van der Waals surface area contributed by atoms with Gasteiger partial charge in [0, 0.05) is 10.9 Å². The van der Waals surface area contributed by atoms with Crippen LogP contribution in [0.2, 0.25) is 0 Å². The van der Waals surface area contributed by atoms with Crippen LogP contribution < -0.4 is 14.8 Å². The first-order chi connectivity index (χ1) is 13.0. The number of benzene rings is 2. The fourth-order valence-corrected chi connectivity index (χ4v) is 3.21. The van der Waals surface area contributed by atoms with E-state index in [-0.39, 0.29) is 23.8 Å². The van der Waals surface area contributed by atoms with Crippen LogP contribution in [0.25, 0.3) is 10.6 Å². The Hall–Kier alpha value is -3.00. The topological polar surface area (TPSA) is 60.5 Å². The zero-order valence-electron chi connectivity index (χ0n) is 14.3. The molecule has 0 atom stereocenters. The van der Waals surface area contributed by atoms with Crippen molar-refractivity contribution >= 4 is 22.9 Å². The Kier molecular flexibility index (Phi) is 5.97. The molecule has 0 radical (unpaired) electrons. The molecule has 3 aromatic rings. The van der Waals surface area contributed by atoms with E-state index in [1.165, 1.54) is 23.5 Å². The highest BCUT2D eigenvalue weighted by Gasteiger charge is 2.13. The summed E-state index contributed by atoms with van der Waals surface area (Å²) < 4.78 is 34.4. The molecule has 1 amide bonds. The molecule has 0 aliphatic heterocycles. The maximum atomic E-state index is 12.4. The fourth-order valence-electron chi connectivity index (χ4n) is 2.38. The number of carbonyl (C=O) groups is 1. The Balaban J connectivity index is 1.66. The number of methoxy groups -OCH3 is 1. The smallest absolute Gasteiger partial charge is 0.387 e. The summed E-state index contributed by atoms with van der Waals surface area (Å²) in [6.45, 7) is -2.96. The summed E-state index contributed by atoms with van der Waals surface area (Å²) >= 11 is 1.42. The van der Waals surface area contributed by atoms with Crippen molar-refractivity contribution in [1.29, 1.82) is 0 Å². The summed E-state index contributed by atoms with van der Waals surface area (Å²) in [5.41, 5.74) is 1.70.